The Kier molecular flexibility index (Phi) is 13.2. The van der Waals surface area contributed by atoms with Crippen molar-refractivity contribution in [1.29, 1.82) is 0 Å². The van der Waals surface area contributed by atoms with Crippen molar-refractivity contribution in [2.75, 3.05) is 19.5 Å². The highest BCUT2D eigenvalue weighted by Crippen LogP contribution is 2.31. The first-order chi connectivity index (χ1) is 20.5. The predicted octanol–water partition coefficient (Wildman–Crippen LogP) is 6.98. The smallest absolute Gasteiger partial charge is 0.303 e. The van der Waals surface area contributed by atoms with Crippen LogP contribution in [0.15, 0.2) is 65.6 Å². The zero-order valence-corrected chi connectivity index (χ0v) is 25.7. The fourth-order valence-corrected chi connectivity index (χ4v) is 5.19. The van der Waals surface area contributed by atoms with Crippen LogP contribution in [0.4, 0.5) is 0 Å². The van der Waals surface area contributed by atoms with Gasteiger partial charge in [-0.15, -0.1) is 0 Å². The average Bonchev–Trinajstić information content (AvgIpc) is 2.94. The van der Waals surface area contributed by atoms with E-state index >= 15 is 0 Å². The van der Waals surface area contributed by atoms with Gasteiger partial charge >= 0.3 is 11.9 Å². The van der Waals surface area contributed by atoms with Gasteiger partial charge in [0.15, 0.2) is 9.84 Å². The summed E-state index contributed by atoms with van der Waals surface area (Å²) in [5.74, 6) is 0.0828. The molecule has 0 heterocycles. The van der Waals surface area contributed by atoms with E-state index in [2.05, 4.69) is 0 Å². The van der Waals surface area contributed by atoms with Crippen LogP contribution in [0.2, 0.25) is 5.02 Å². The molecule has 2 N–H and O–H groups in total. The standard InChI is InChI=1S/C32H37ClO9S/c1-43(38,39)28-21-26(20-27(22-28)42-25-14-12-24(33)13-15-25)40-18-5-3-2-4-8-23-9-6-10-30(29(23)16-17-32(36)37)41-19-7-11-31(34)35/h6,9-10,12-15,20-22H,2-5,7-8,11,16-19H2,1H3,(H,34,35)(H,36,37). The van der Waals surface area contributed by atoms with E-state index in [1.807, 2.05) is 12.1 Å². The van der Waals surface area contributed by atoms with E-state index in [4.69, 9.17) is 30.9 Å². The van der Waals surface area contributed by atoms with Crippen molar-refractivity contribution < 1.29 is 42.4 Å². The lowest BCUT2D eigenvalue weighted by atomic mass is 9.97. The maximum atomic E-state index is 12.2. The number of aryl methyl sites for hydroxylation is 1. The number of carboxylic acid groups (broad SMARTS) is 2. The van der Waals surface area contributed by atoms with Crippen molar-refractivity contribution >= 4 is 33.4 Å². The summed E-state index contributed by atoms with van der Waals surface area (Å²) in [6, 6.07) is 17.0. The van der Waals surface area contributed by atoms with Crippen molar-refractivity contribution in [3.63, 3.8) is 0 Å². The molecular formula is C32H37ClO9S. The van der Waals surface area contributed by atoms with Crippen LogP contribution in [0.25, 0.3) is 0 Å². The monoisotopic (exact) mass is 632 g/mol. The lowest BCUT2D eigenvalue weighted by molar-refractivity contribution is -0.138. The third-order valence-corrected chi connectivity index (χ3v) is 7.90. The molecule has 232 valence electrons. The first-order valence-electron chi connectivity index (χ1n) is 14.1. The minimum atomic E-state index is -3.49. The molecule has 43 heavy (non-hydrogen) atoms. The molecule has 0 atom stereocenters. The molecule has 3 rings (SSSR count). The van der Waals surface area contributed by atoms with Gasteiger partial charge in [0.05, 0.1) is 18.1 Å². The van der Waals surface area contributed by atoms with Gasteiger partial charge in [-0.2, -0.15) is 0 Å². The van der Waals surface area contributed by atoms with E-state index in [1.165, 1.54) is 12.1 Å². The van der Waals surface area contributed by atoms with Crippen LogP contribution in [-0.2, 0) is 32.3 Å². The summed E-state index contributed by atoms with van der Waals surface area (Å²) in [5.41, 5.74) is 1.88. The average molecular weight is 633 g/mol. The number of carbonyl (C=O) groups is 2. The van der Waals surface area contributed by atoms with Gasteiger partial charge in [-0.05, 0) is 85.7 Å². The van der Waals surface area contributed by atoms with Crippen molar-refractivity contribution in [1.82, 2.24) is 0 Å². The third-order valence-electron chi connectivity index (χ3n) is 6.55. The van der Waals surface area contributed by atoms with Gasteiger partial charge in [-0.1, -0.05) is 36.6 Å². The normalized spacial score (nSPS) is 11.2. The summed E-state index contributed by atoms with van der Waals surface area (Å²) >= 11 is 5.93. The van der Waals surface area contributed by atoms with Crippen LogP contribution in [0.5, 0.6) is 23.0 Å². The van der Waals surface area contributed by atoms with Crippen LogP contribution in [0, 0.1) is 0 Å². The molecule has 0 radical (unpaired) electrons. The van der Waals surface area contributed by atoms with E-state index in [1.54, 1.807) is 36.4 Å². The Morgan fingerprint density at radius 1 is 0.744 bits per heavy atom. The zero-order chi connectivity index (χ0) is 31.2. The van der Waals surface area contributed by atoms with Gasteiger partial charge in [-0.3, -0.25) is 9.59 Å². The molecule has 11 heteroatoms. The van der Waals surface area contributed by atoms with E-state index < -0.39 is 21.8 Å². The molecule has 3 aromatic carbocycles. The van der Waals surface area contributed by atoms with Crippen molar-refractivity contribution in [3.05, 3.63) is 76.8 Å². The van der Waals surface area contributed by atoms with Crippen molar-refractivity contribution in [3.8, 4) is 23.0 Å². The lowest BCUT2D eigenvalue weighted by Gasteiger charge is -2.15. The molecule has 0 bridgehead atoms. The van der Waals surface area contributed by atoms with Crippen LogP contribution < -0.4 is 14.2 Å². The zero-order valence-electron chi connectivity index (χ0n) is 24.1. The molecule has 0 aliphatic rings. The summed E-state index contributed by atoms with van der Waals surface area (Å²) in [6.07, 6.45) is 6.02. The molecule has 9 nitrogen and oxygen atoms in total. The Hall–Kier alpha value is -3.76. The largest absolute Gasteiger partial charge is 0.493 e. The van der Waals surface area contributed by atoms with Crippen LogP contribution in [0.3, 0.4) is 0 Å². The second kappa shape index (κ2) is 16.8. The number of carboxylic acids is 2. The Morgan fingerprint density at radius 2 is 1.42 bits per heavy atom. The molecule has 0 spiro atoms. The van der Waals surface area contributed by atoms with Gasteiger partial charge < -0.3 is 24.4 Å². The number of halogens is 1. The molecule has 0 saturated heterocycles. The topological polar surface area (TPSA) is 136 Å². The second-order valence-corrected chi connectivity index (χ2v) is 12.6. The van der Waals surface area contributed by atoms with Crippen molar-refractivity contribution in [2.24, 2.45) is 0 Å². The number of aliphatic carboxylic acids is 2. The quantitative estimate of drug-likeness (QED) is 0.134. The summed E-state index contributed by atoms with van der Waals surface area (Å²) in [6.45, 7) is 0.648. The Morgan fingerprint density at radius 3 is 2.12 bits per heavy atom. The molecule has 0 unspecified atom stereocenters. The molecule has 0 aliphatic heterocycles. The minimum absolute atomic E-state index is 0.00928. The fraction of sp³-hybridized carbons (Fsp3) is 0.375. The fourth-order valence-electron chi connectivity index (χ4n) is 4.40. The van der Waals surface area contributed by atoms with Gasteiger partial charge in [-0.25, -0.2) is 8.42 Å². The number of ether oxygens (including phenoxy) is 3. The molecular weight excluding hydrogens is 596 g/mol. The summed E-state index contributed by atoms with van der Waals surface area (Å²) in [7, 11) is -3.49. The molecule has 0 saturated carbocycles. The number of sulfone groups is 1. The maximum Gasteiger partial charge on any atom is 0.303 e. The highest BCUT2D eigenvalue weighted by atomic mass is 35.5. The third kappa shape index (κ3) is 12.2. The van der Waals surface area contributed by atoms with Crippen LogP contribution in [0.1, 0.15) is 56.1 Å². The van der Waals surface area contributed by atoms with Gasteiger partial charge in [0.2, 0.25) is 0 Å². The maximum absolute atomic E-state index is 12.2. The summed E-state index contributed by atoms with van der Waals surface area (Å²) < 4.78 is 42.0. The number of hydrogen-bond acceptors (Lipinski definition) is 7. The molecule has 3 aromatic rings. The Bertz CT molecular complexity index is 1470. The first-order valence-corrected chi connectivity index (χ1v) is 16.4. The Labute approximate surface area is 257 Å². The second-order valence-electron chi connectivity index (χ2n) is 10.1. The summed E-state index contributed by atoms with van der Waals surface area (Å²) in [5, 5.41) is 18.6. The van der Waals surface area contributed by atoms with E-state index in [-0.39, 0.29) is 24.3 Å². The highest BCUT2D eigenvalue weighted by Gasteiger charge is 2.14. The van der Waals surface area contributed by atoms with Gasteiger partial charge in [0.1, 0.15) is 23.0 Å². The van der Waals surface area contributed by atoms with E-state index in [0.29, 0.717) is 47.5 Å². The summed E-state index contributed by atoms with van der Waals surface area (Å²) in [4.78, 5) is 22.1. The first kappa shape index (κ1) is 33.7. The van der Waals surface area contributed by atoms with Gasteiger partial charge in [0.25, 0.3) is 0 Å². The lowest BCUT2D eigenvalue weighted by Crippen LogP contribution is -2.07. The number of benzene rings is 3. The molecule has 0 amide bonds. The molecule has 0 aliphatic carbocycles. The predicted molar refractivity (Wildman–Crippen MR) is 164 cm³/mol. The molecule has 0 aromatic heterocycles. The SMILES string of the molecule is CS(=O)(=O)c1cc(OCCCCCCc2cccc(OCCCC(=O)O)c2CCC(=O)O)cc(Oc2ccc(Cl)cc2)c1. The van der Waals surface area contributed by atoms with E-state index in [0.717, 1.165) is 49.5 Å². The number of hydrogen-bond donors (Lipinski definition) is 2. The van der Waals surface area contributed by atoms with Crippen LogP contribution >= 0.6 is 11.6 Å². The van der Waals surface area contributed by atoms with E-state index in [9.17, 15) is 23.1 Å². The highest BCUT2D eigenvalue weighted by molar-refractivity contribution is 7.90. The number of rotatable bonds is 19. The molecule has 0 fully saturated rings. The Balaban J connectivity index is 1.51. The van der Waals surface area contributed by atoms with Gasteiger partial charge in [0, 0.05) is 30.2 Å². The van der Waals surface area contributed by atoms with Crippen LogP contribution in [-0.4, -0.2) is 50.0 Å². The van der Waals surface area contributed by atoms with Crippen molar-refractivity contribution in [2.45, 2.75) is 62.7 Å². The minimum Gasteiger partial charge on any atom is -0.493 e. The number of unbranched alkanes of at least 4 members (excludes halogenated alkanes) is 3.